The maximum Gasteiger partial charge on any atom is 0.161 e. The summed E-state index contributed by atoms with van der Waals surface area (Å²) in [7, 11) is 3.48. The number of hydrogen-bond donors (Lipinski definition) is 1. The first-order chi connectivity index (χ1) is 10.1. The van der Waals surface area contributed by atoms with Crippen LogP contribution in [-0.2, 0) is 11.3 Å². The Labute approximate surface area is 127 Å². The van der Waals surface area contributed by atoms with E-state index < -0.39 is 0 Å². The summed E-state index contributed by atoms with van der Waals surface area (Å²) in [6.07, 6.45) is 3.72. The lowest BCUT2D eigenvalue weighted by atomic mass is 9.80. The van der Waals surface area contributed by atoms with Crippen molar-refractivity contribution in [3.05, 3.63) is 23.8 Å². The van der Waals surface area contributed by atoms with Gasteiger partial charge in [-0.25, -0.2) is 0 Å². The van der Waals surface area contributed by atoms with Gasteiger partial charge in [-0.1, -0.05) is 6.07 Å². The van der Waals surface area contributed by atoms with E-state index in [0.717, 1.165) is 37.4 Å². The number of nitrogens with one attached hydrogen (secondary N) is 1. The molecule has 0 bridgehead atoms. The minimum atomic E-state index is 0.0603. The van der Waals surface area contributed by atoms with Gasteiger partial charge in [-0.2, -0.15) is 0 Å². The smallest absolute Gasteiger partial charge is 0.161 e. The van der Waals surface area contributed by atoms with E-state index in [1.165, 1.54) is 12.0 Å². The molecule has 0 aliphatic heterocycles. The molecular weight excluding hydrogens is 266 g/mol. The molecule has 1 aromatic rings. The van der Waals surface area contributed by atoms with Gasteiger partial charge in [-0.3, -0.25) is 0 Å². The highest BCUT2D eigenvalue weighted by molar-refractivity contribution is 5.43. The Balaban J connectivity index is 1.91. The maximum atomic E-state index is 5.73. The van der Waals surface area contributed by atoms with E-state index in [4.69, 9.17) is 14.2 Å². The molecule has 1 aliphatic rings. The third-order valence-electron chi connectivity index (χ3n) is 4.06. The molecule has 1 saturated carbocycles. The lowest BCUT2D eigenvalue weighted by Gasteiger charge is -2.40. The molecule has 0 aromatic heterocycles. The van der Waals surface area contributed by atoms with Crippen LogP contribution in [0.3, 0.4) is 0 Å². The molecule has 0 unspecified atom stereocenters. The van der Waals surface area contributed by atoms with Crippen LogP contribution < -0.4 is 14.8 Å². The molecule has 1 aromatic carbocycles. The van der Waals surface area contributed by atoms with E-state index in [2.05, 4.69) is 11.4 Å². The Bertz CT molecular complexity index is 450. The second kappa shape index (κ2) is 7.14. The number of ether oxygens (including phenoxy) is 3. The van der Waals surface area contributed by atoms with Crippen LogP contribution in [0.4, 0.5) is 0 Å². The third kappa shape index (κ3) is 4.11. The van der Waals surface area contributed by atoms with Gasteiger partial charge in [0.15, 0.2) is 11.5 Å². The molecule has 1 aliphatic carbocycles. The summed E-state index contributed by atoms with van der Waals surface area (Å²) >= 11 is 0. The van der Waals surface area contributed by atoms with Crippen LogP contribution in [0.2, 0.25) is 0 Å². The zero-order valence-electron chi connectivity index (χ0n) is 13.6. The van der Waals surface area contributed by atoms with Gasteiger partial charge < -0.3 is 19.5 Å². The fraction of sp³-hybridized carbons (Fsp3) is 0.647. The highest BCUT2D eigenvalue weighted by atomic mass is 16.5. The second-order valence-corrected chi connectivity index (χ2v) is 6.00. The maximum absolute atomic E-state index is 5.73. The van der Waals surface area contributed by atoms with Gasteiger partial charge in [0.25, 0.3) is 0 Å². The molecular formula is C17H27NO3. The molecule has 4 nitrogen and oxygen atoms in total. The zero-order chi connectivity index (χ0) is 15.3. The molecule has 118 valence electrons. The Morgan fingerprint density at radius 2 is 1.95 bits per heavy atom. The second-order valence-electron chi connectivity index (χ2n) is 6.00. The number of benzene rings is 1. The SMILES string of the molecule is COc1cc(CNCC2(OC)CCC2)ccc1OC(C)C. The van der Waals surface area contributed by atoms with Gasteiger partial charge in [0.05, 0.1) is 18.8 Å². The van der Waals surface area contributed by atoms with Crippen molar-refractivity contribution in [2.24, 2.45) is 0 Å². The Morgan fingerprint density at radius 1 is 1.19 bits per heavy atom. The molecule has 21 heavy (non-hydrogen) atoms. The topological polar surface area (TPSA) is 39.7 Å². The standard InChI is InChI=1S/C17H27NO3/c1-13(2)21-15-7-6-14(10-16(15)19-3)11-18-12-17(20-4)8-5-9-17/h6-7,10,13,18H,5,8-9,11-12H2,1-4H3. The van der Waals surface area contributed by atoms with Crippen LogP contribution in [0.5, 0.6) is 11.5 Å². The summed E-state index contributed by atoms with van der Waals surface area (Å²) in [4.78, 5) is 0. The van der Waals surface area contributed by atoms with Crippen LogP contribution in [0.15, 0.2) is 18.2 Å². The largest absolute Gasteiger partial charge is 0.493 e. The highest BCUT2D eigenvalue weighted by Crippen LogP contribution is 2.34. The van der Waals surface area contributed by atoms with E-state index in [1.807, 2.05) is 33.1 Å². The van der Waals surface area contributed by atoms with Crippen molar-refractivity contribution in [2.45, 2.75) is 51.4 Å². The molecule has 0 radical (unpaired) electrons. The summed E-state index contributed by atoms with van der Waals surface area (Å²) in [5.74, 6) is 1.58. The minimum absolute atomic E-state index is 0.0603. The Kier molecular flexibility index (Phi) is 5.48. The van der Waals surface area contributed by atoms with Gasteiger partial charge >= 0.3 is 0 Å². The van der Waals surface area contributed by atoms with Crippen LogP contribution in [0, 0.1) is 0 Å². The first-order valence-corrected chi connectivity index (χ1v) is 7.68. The van der Waals surface area contributed by atoms with Crippen molar-refractivity contribution in [3.63, 3.8) is 0 Å². The van der Waals surface area contributed by atoms with Crippen LogP contribution in [0.25, 0.3) is 0 Å². The summed E-state index contributed by atoms with van der Waals surface area (Å²) in [6, 6.07) is 6.09. The average Bonchev–Trinajstić information content (AvgIpc) is 2.42. The number of rotatable bonds is 8. The van der Waals surface area contributed by atoms with Gasteiger partial charge in [0.2, 0.25) is 0 Å². The number of methoxy groups -OCH3 is 2. The van der Waals surface area contributed by atoms with Crippen molar-refractivity contribution < 1.29 is 14.2 Å². The lowest BCUT2D eigenvalue weighted by Crippen LogP contribution is -2.47. The Morgan fingerprint density at radius 3 is 2.48 bits per heavy atom. The molecule has 0 saturated heterocycles. The molecule has 2 rings (SSSR count). The molecule has 1 fully saturated rings. The fourth-order valence-corrected chi connectivity index (χ4v) is 2.63. The van der Waals surface area contributed by atoms with Crippen LogP contribution in [-0.4, -0.2) is 32.5 Å². The summed E-state index contributed by atoms with van der Waals surface area (Å²) in [6.45, 7) is 5.73. The van der Waals surface area contributed by atoms with E-state index in [0.29, 0.717) is 0 Å². The first kappa shape index (κ1) is 16.1. The summed E-state index contributed by atoms with van der Waals surface area (Å²) < 4.78 is 16.8. The molecule has 0 atom stereocenters. The lowest BCUT2D eigenvalue weighted by molar-refractivity contribution is -0.0695. The fourth-order valence-electron chi connectivity index (χ4n) is 2.63. The monoisotopic (exact) mass is 293 g/mol. The average molecular weight is 293 g/mol. The van der Waals surface area contributed by atoms with Gasteiger partial charge in [0.1, 0.15) is 0 Å². The van der Waals surface area contributed by atoms with Crippen molar-refractivity contribution in [1.29, 1.82) is 0 Å². The first-order valence-electron chi connectivity index (χ1n) is 7.68. The molecule has 0 heterocycles. The zero-order valence-corrected chi connectivity index (χ0v) is 13.6. The van der Waals surface area contributed by atoms with Crippen LogP contribution >= 0.6 is 0 Å². The quantitative estimate of drug-likeness (QED) is 0.799. The van der Waals surface area contributed by atoms with Gasteiger partial charge in [0, 0.05) is 20.2 Å². The van der Waals surface area contributed by atoms with Crippen molar-refractivity contribution in [2.75, 3.05) is 20.8 Å². The van der Waals surface area contributed by atoms with Gasteiger partial charge in [-0.05, 0) is 50.8 Å². The summed E-state index contributed by atoms with van der Waals surface area (Å²) in [5.41, 5.74) is 1.25. The molecule has 4 heteroatoms. The van der Waals surface area contributed by atoms with Crippen molar-refractivity contribution in [1.82, 2.24) is 5.32 Å². The molecule has 0 spiro atoms. The Hall–Kier alpha value is -1.26. The van der Waals surface area contributed by atoms with E-state index in [-0.39, 0.29) is 11.7 Å². The normalized spacial score (nSPS) is 16.6. The van der Waals surface area contributed by atoms with E-state index in [1.54, 1.807) is 7.11 Å². The van der Waals surface area contributed by atoms with Crippen molar-refractivity contribution in [3.8, 4) is 11.5 Å². The van der Waals surface area contributed by atoms with E-state index in [9.17, 15) is 0 Å². The minimum Gasteiger partial charge on any atom is -0.493 e. The third-order valence-corrected chi connectivity index (χ3v) is 4.06. The van der Waals surface area contributed by atoms with E-state index >= 15 is 0 Å². The predicted octanol–water partition coefficient (Wildman–Crippen LogP) is 3.14. The molecule has 0 amide bonds. The van der Waals surface area contributed by atoms with Crippen molar-refractivity contribution >= 4 is 0 Å². The van der Waals surface area contributed by atoms with Gasteiger partial charge in [-0.15, -0.1) is 0 Å². The molecule has 1 N–H and O–H groups in total. The number of hydrogen-bond acceptors (Lipinski definition) is 4. The van der Waals surface area contributed by atoms with Crippen LogP contribution in [0.1, 0.15) is 38.7 Å². The predicted molar refractivity (Wildman–Crippen MR) is 84.1 cm³/mol. The highest BCUT2D eigenvalue weighted by Gasteiger charge is 2.36. The summed E-state index contributed by atoms with van der Waals surface area (Å²) in [5, 5.41) is 3.49.